The van der Waals surface area contributed by atoms with Crippen LogP contribution >= 0.6 is 0 Å². The molecule has 34 heavy (non-hydrogen) atoms. The number of piperidine rings is 1. The molecular weight excluding hydrogens is 438 g/mol. The predicted octanol–water partition coefficient (Wildman–Crippen LogP) is 2.03. The van der Waals surface area contributed by atoms with Crippen molar-refractivity contribution in [3.8, 4) is 17.2 Å². The molecule has 0 aliphatic carbocycles. The summed E-state index contributed by atoms with van der Waals surface area (Å²) in [7, 11) is 4.63. The van der Waals surface area contributed by atoms with Gasteiger partial charge in [0.2, 0.25) is 17.6 Å². The zero-order chi connectivity index (χ0) is 24.1. The van der Waals surface area contributed by atoms with E-state index in [1.54, 1.807) is 38.4 Å². The number of benzene rings is 1. The van der Waals surface area contributed by atoms with E-state index in [0.717, 1.165) is 58.8 Å². The van der Waals surface area contributed by atoms with Crippen molar-refractivity contribution in [2.45, 2.75) is 25.7 Å². The highest BCUT2D eigenvalue weighted by Crippen LogP contribution is 2.42. The van der Waals surface area contributed by atoms with E-state index in [1.165, 1.54) is 6.42 Å². The van der Waals surface area contributed by atoms with Gasteiger partial charge in [-0.1, -0.05) is 0 Å². The molecule has 3 heterocycles. The van der Waals surface area contributed by atoms with Crippen LogP contribution in [0.2, 0.25) is 0 Å². The highest BCUT2D eigenvalue weighted by Gasteiger charge is 2.38. The number of hydrogen-bond donors (Lipinski definition) is 0. The molecule has 4 rings (SSSR count). The number of anilines is 1. The van der Waals surface area contributed by atoms with E-state index in [2.05, 4.69) is 4.90 Å². The van der Waals surface area contributed by atoms with E-state index in [9.17, 15) is 9.59 Å². The molecule has 3 saturated heterocycles. The normalized spacial score (nSPS) is 22.2. The van der Waals surface area contributed by atoms with Gasteiger partial charge in [-0.2, -0.15) is 0 Å². The largest absolute Gasteiger partial charge is 0.493 e. The lowest BCUT2D eigenvalue weighted by atomic mass is 9.92. The average Bonchev–Trinajstić information content (AvgIpc) is 3.28. The summed E-state index contributed by atoms with van der Waals surface area (Å²) in [4.78, 5) is 32.2. The minimum atomic E-state index is -0.323. The van der Waals surface area contributed by atoms with Gasteiger partial charge in [-0.3, -0.25) is 14.5 Å². The molecule has 1 atom stereocenters. The number of hydrogen-bond acceptors (Lipinski definition) is 7. The Kier molecular flexibility index (Phi) is 8.15. The Labute approximate surface area is 201 Å². The first kappa shape index (κ1) is 24.6. The molecule has 3 aliphatic heterocycles. The van der Waals surface area contributed by atoms with Gasteiger partial charge in [0.15, 0.2) is 11.5 Å². The van der Waals surface area contributed by atoms with E-state index in [1.807, 2.05) is 4.90 Å². The smallest absolute Gasteiger partial charge is 0.228 e. The van der Waals surface area contributed by atoms with Gasteiger partial charge in [0.1, 0.15) is 0 Å². The molecule has 0 bridgehead atoms. The number of ether oxygens (including phenoxy) is 4. The topological polar surface area (TPSA) is 80.8 Å². The third-order valence-electron chi connectivity index (χ3n) is 7.32. The fraction of sp³-hybridized carbons (Fsp3) is 0.680. The Hall–Kier alpha value is -2.52. The predicted molar refractivity (Wildman–Crippen MR) is 128 cm³/mol. The second-order valence-corrected chi connectivity index (χ2v) is 9.30. The second-order valence-electron chi connectivity index (χ2n) is 9.30. The number of morpholine rings is 1. The standard InChI is InChI=1S/C25H37N3O6/c1-31-21-15-20(16-22(32-2)24(21)33-3)28-17-19(14-23(28)29)25(30)27-8-5-18(6-9-27)4-7-26-10-12-34-13-11-26/h15-16,18-19H,4-14,17H2,1-3H3. The van der Waals surface area contributed by atoms with Crippen molar-refractivity contribution < 1.29 is 28.5 Å². The van der Waals surface area contributed by atoms with Crippen molar-refractivity contribution in [3.63, 3.8) is 0 Å². The first-order valence-electron chi connectivity index (χ1n) is 12.2. The number of amides is 2. The first-order chi connectivity index (χ1) is 16.5. The highest BCUT2D eigenvalue weighted by molar-refractivity contribution is 6.00. The molecule has 3 aliphatic rings. The van der Waals surface area contributed by atoms with Crippen molar-refractivity contribution in [3.05, 3.63) is 12.1 Å². The van der Waals surface area contributed by atoms with Crippen LogP contribution in [0.15, 0.2) is 12.1 Å². The molecule has 188 valence electrons. The fourth-order valence-electron chi connectivity index (χ4n) is 5.24. The minimum absolute atomic E-state index is 0.0620. The SMILES string of the molecule is COc1cc(N2CC(C(=O)N3CCC(CCN4CCOCC4)CC3)CC2=O)cc(OC)c1OC. The van der Waals surface area contributed by atoms with Gasteiger partial charge in [0.05, 0.1) is 46.1 Å². The van der Waals surface area contributed by atoms with E-state index in [0.29, 0.717) is 35.4 Å². The van der Waals surface area contributed by atoms with Crippen LogP contribution in [0.5, 0.6) is 17.2 Å². The number of likely N-dealkylation sites (tertiary alicyclic amines) is 1. The maximum atomic E-state index is 13.2. The third kappa shape index (κ3) is 5.41. The summed E-state index contributed by atoms with van der Waals surface area (Å²) in [6, 6.07) is 3.51. The van der Waals surface area contributed by atoms with Crippen molar-refractivity contribution in [2.75, 3.05) is 78.7 Å². The summed E-state index contributed by atoms with van der Waals surface area (Å²) in [5, 5.41) is 0. The first-order valence-corrected chi connectivity index (χ1v) is 12.2. The summed E-state index contributed by atoms with van der Waals surface area (Å²) >= 11 is 0. The molecule has 2 amide bonds. The van der Waals surface area contributed by atoms with Gasteiger partial charge in [-0.15, -0.1) is 0 Å². The van der Waals surface area contributed by atoms with Crippen molar-refractivity contribution in [2.24, 2.45) is 11.8 Å². The Bertz CT molecular complexity index is 839. The second kappa shape index (κ2) is 11.3. The van der Waals surface area contributed by atoms with E-state index in [-0.39, 0.29) is 24.2 Å². The van der Waals surface area contributed by atoms with Crippen LogP contribution in [0, 0.1) is 11.8 Å². The summed E-state index contributed by atoms with van der Waals surface area (Å²) in [6.07, 6.45) is 3.48. The lowest BCUT2D eigenvalue weighted by molar-refractivity contribution is -0.137. The maximum Gasteiger partial charge on any atom is 0.228 e. The minimum Gasteiger partial charge on any atom is -0.493 e. The molecule has 1 unspecified atom stereocenters. The monoisotopic (exact) mass is 475 g/mol. The van der Waals surface area contributed by atoms with Crippen LogP contribution in [0.3, 0.4) is 0 Å². The lowest BCUT2D eigenvalue weighted by Gasteiger charge is -2.35. The molecule has 0 spiro atoms. The molecule has 0 aromatic heterocycles. The van der Waals surface area contributed by atoms with Crippen LogP contribution in [0.4, 0.5) is 5.69 Å². The number of nitrogens with zero attached hydrogens (tertiary/aromatic N) is 3. The quantitative estimate of drug-likeness (QED) is 0.569. The van der Waals surface area contributed by atoms with Gasteiger partial charge < -0.3 is 28.7 Å². The Morgan fingerprint density at radius 3 is 2.24 bits per heavy atom. The van der Waals surface area contributed by atoms with Crippen LogP contribution in [-0.4, -0.2) is 95.4 Å². The summed E-state index contributed by atoms with van der Waals surface area (Å²) in [6.45, 7) is 6.75. The van der Waals surface area contributed by atoms with Crippen LogP contribution < -0.4 is 19.1 Å². The summed E-state index contributed by atoms with van der Waals surface area (Å²) in [5.74, 6) is 1.81. The zero-order valence-electron chi connectivity index (χ0n) is 20.6. The molecule has 0 N–H and O–H groups in total. The Morgan fingerprint density at radius 1 is 1.00 bits per heavy atom. The number of methoxy groups -OCH3 is 3. The van der Waals surface area contributed by atoms with Crippen LogP contribution in [0.25, 0.3) is 0 Å². The lowest BCUT2D eigenvalue weighted by Crippen LogP contribution is -2.43. The van der Waals surface area contributed by atoms with Crippen LogP contribution in [0.1, 0.15) is 25.7 Å². The molecule has 1 aromatic rings. The Balaban J connectivity index is 1.32. The molecule has 1 aromatic carbocycles. The maximum absolute atomic E-state index is 13.2. The summed E-state index contributed by atoms with van der Waals surface area (Å²) < 4.78 is 21.7. The van der Waals surface area contributed by atoms with Gasteiger partial charge in [0.25, 0.3) is 0 Å². The molecule has 9 nitrogen and oxygen atoms in total. The van der Waals surface area contributed by atoms with E-state index < -0.39 is 0 Å². The van der Waals surface area contributed by atoms with Gasteiger partial charge >= 0.3 is 0 Å². The molecular formula is C25H37N3O6. The van der Waals surface area contributed by atoms with E-state index >= 15 is 0 Å². The number of carbonyl (C=O) groups excluding carboxylic acids is 2. The average molecular weight is 476 g/mol. The van der Waals surface area contributed by atoms with E-state index in [4.69, 9.17) is 18.9 Å². The number of rotatable bonds is 8. The third-order valence-corrected chi connectivity index (χ3v) is 7.32. The van der Waals surface area contributed by atoms with Crippen molar-refractivity contribution in [1.82, 2.24) is 9.80 Å². The van der Waals surface area contributed by atoms with Crippen LogP contribution in [-0.2, 0) is 14.3 Å². The summed E-state index contributed by atoms with van der Waals surface area (Å²) in [5.41, 5.74) is 0.650. The van der Waals surface area contributed by atoms with Crippen molar-refractivity contribution >= 4 is 17.5 Å². The number of carbonyl (C=O) groups is 2. The van der Waals surface area contributed by atoms with Gasteiger partial charge in [-0.05, 0) is 31.7 Å². The highest BCUT2D eigenvalue weighted by atomic mass is 16.5. The molecule has 0 saturated carbocycles. The zero-order valence-corrected chi connectivity index (χ0v) is 20.6. The molecule has 3 fully saturated rings. The van der Waals surface area contributed by atoms with Crippen molar-refractivity contribution in [1.29, 1.82) is 0 Å². The van der Waals surface area contributed by atoms with Gasteiger partial charge in [0, 0.05) is 51.3 Å². The van der Waals surface area contributed by atoms with Gasteiger partial charge in [-0.25, -0.2) is 0 Å². The molecule has 0 radical (unpaired) electrons. The molecule has 9 heteroatoms. The fourth-order valence-corrected chi connectivity index (χ4v) is 5.24. The Morgan fingerprint density at radius 2 is 1.65 bits per heavy atom.